The number of carbonyl (C=O) groups is 2. The number of rotatable bonds is 4. The number of imidazole rings is 1. The summed E-state index contributed by atoms with van der Waals surface area (Å²) in [4.78, 5) is 32.6. The summed E-state index contributed by atoms with van der Waals surface area (Å²) < 4.78 is 28.5. The van der Waals surface area contributed by atoms with E-state index in [2.05, 4.69) is 5.32 Å². The molecule has 1 aliphatic carbocycles. The van der Waals surface area contributed by atoms with Crippen LogP contribution in [-0.4, -0.2) is 27.4 Å². The number of para-hydroxylation sites is 2. The summed E-state index contributed by atoms with van der Waals surface area (Å²) in [6, 6.07) is 10.1. The van der Waals surface area contributed by atoms with Gasteiger partial charge in [0.15, 0.2) is 11.6 Å². The lowest BCUT2D eigenvalue weighted by Crippen LogP contribution is -2.41. The molecule has 0 saturated heterocycles. The van der Waals surface area contributed by atoms with Gasteiger partial charge in [0, 0.05) is 17.8 Å². The van der Waals surface area contributed by atoms with Gasteiger partial charge in [0.2, 0.25) is 11.9 Å². The SMILES string of the molecule is O=C(CC1C(=O)N(C2CCCCC2)c2nc3ccccc3n21)Nc1ccc(F)c(F)c1. The number of hydrogen-bond acceptors (Lipinski definition) is 3. The highest BCUT2D eigenvalue weighted by atomic mass is 19.2. The van der Waals surface area contributed by atoms with E-state index in [4.69, 9.17) is 4.98 Å². The Labute approximate surface area is 177 Å². The molecule has 1 aromatic heterocycles. The van der Waals surface area contributed by atoms with Crippen LogP contribution in [0.4, 0.5) is 20.4 Å². The zero-order valence-corrected chi connectivity index (χ0v) is 16.9. The van der Waals surface area contributed by atoms with E-state index in [1.807, 2.05) is 28.8 Å². The molecule has 1 saturated carbocycles. The van der Waals surface area contributed by atoms with Crippen LogP contribution in [0, 0.1) is 11.6 Å². The molecular formula is C23H22F2N4O2. The lowest BCUT2D eigenvalue weighted by atomic mass is 9.94. The van der Waals surface area contributed by atoms with Crippen molar-refractivity contribution in [3.05, 3.63) is 54.1 Å². The average Bonchev–Trinajstić information content (AvgIpc) is 3.26. The summed E-state index contributed by atoms with van der Waals surface area (Å²) in [6.45, 7) is 0. The molecule has 6 nitrogen and oxygen atoms in total. The van der Waals surface area contributed by atoms with Crippen LogP contribution in [0.2, 0.25) is 0 Å². The van der Waals surface area contributed by atoms with Crippen molar-refractivity contribution in [2.75, 3.05) is 10.2 Å². The van der Waals surface area contributed by atoms with E-state index in [1.165, 1.54) is 6.07 Å². The molecule has 2 aliphatic rings. The fourth-order valence-electron chi connectivity index (χ4n) is 4.70. The largest absolute Gasteiger partial charge is 0.326 e. The Balaban J connectivity index is 1.46. The van der Waals surface area contributed by atoms with Crippen molar-refractivity contribution < 1.29 is 18.4 Å². The smallest absolute Gasteiger partial charge is 0.253 e. The minimum atomic E-state index is -1.04. The molecule has 8 heteroatoms. The van der Waals surface area contributed by atoms with E-state index in [1.54, 1.807) is 4.90 Å². The van der Waals surface area contributed by atoms with Gasteiger partial charge in [0.1, 0.15) is 6.04 Å². The maximum atomic E-state index is 13.5. The molecule has 1 fully saturated rings. The van der Waals surface area contributed by atoms with Crippen molar-refractivity contribution in [1.82, 2.24) is 9.55 Å². The number of anilines is 2. The summed E-state index contributed by atoms with van der Waals surface area (Å²) in [5, 5.41) is 2.57. The summed E-state index contributed by atoms with van der Waals surface area (Å²) in [5.41, 5.74) is 1.72. The van der Waals surface area contributed by atoms with Gasteiger partial charge in [-0.3, -0.25) is 19.1 Å². The molecule has 31 heavy (non-hydrogen) atoms. The average molecular weight is 424 g/mol. The lowest BCUT2D eigenvalue weighted by molar-refractivity contribution is -0.125. The number of amides is 2. The standard InChI is InChI=1S/C23H22F2N4O2/c24-16-11-10-14(12-17(16)25)26-21(30)13-20-22(31)28(15-6-2-1-3-7-15)23-27-18-8-4-5-9-19(18)29(20)23/h4-5,8-12,15,20H,1-3,6-7,13H2,(H,26,30). The third kappa shape index (κ3) is 3.45. The van der Waals surface area contributed by atoms with Gasteiger partial charge in [-0.05, 0) is 37.1 Å². The van der Waals surface area contributed by atoms with Gasteiger partial charge in [-0.25, -0.2) is 13.8 Å². The third-order valence-corrected chi connectivity index (χ3v) is 6.15. The molecule has 2 heterocycles. The molecule has 1 unspecified atom stereocenters. The van der Waals surface area contributed by atoms with Gasteiger partial charge in [-0.15, -0.1) is 0 Å². The van der Waals surface area contributed by atoms with Crippen molar-refractivity contribution in [1.29, 1.82) is 0 Å². The van der Waals surface area contributed by atoms with Gasteiger partial charge in [0.05, 0.1) is 17.5 Å². The molecule has 0 radical (unpaired) electrons. The maximum Gasteiger partial charge on any atom is 0.253 e. The Hall–Kier alpha value is -3.29. The van der Waals surface area contributed by atoms with Gasteiger partial charge >= 0.3 is 0 Å². The second-order valence-electron chi connectivity index (χ2n) is 8.17. The number of fused-ring (bicyclic) bond motifs is 3. The Kier molecular flexibility index (Phi) is 4.92. The third-order valence-electron chi connectivity index (χ3n) is 6.15. The minimum absolute atomic E-state index is 0.0797. The first-order valence-corrected chi connectivity index (χ1v) is 10.6. The first-order chi connectivity index (χ1) is 15.0. The predicted octanol–water partition coefficient (Wildman–Crippen LogP) is 4.56. The molecule has 2 amide bonds. The van der Waals surface area contributed by atoms with E-state index in [9.17, 15) is 18.4 Å². The highest BCUT2D eigenvalue weighted by molar-refractivity contribution is 6.05. The molecular weight excluding hydrogens is 402 g/mol. The molecule has 160 valence electrons. The second kappa shape index (κ2) is 7.76. The van der Waals surface area contributed by atoms with Crippen molar-refractivity contribution in [3.8, 4) is 0 Å². The summed E-state index contributed by atoms with van der Waals surface area (Å²) in [7, 11) is 0. The Morgan fingerprint density at radius 1 is 1.06 bits per heavy atom. The molecule has 0 bridgehead atoms. The number of hydrogen-bond donors (Lipinski definition) is 1. The van der Waals surface area contributed by atoms with E-state index < -0.39 is 23.6 Å². The molecule has 1 atom stereocenters. The molecule has 0 spiro atoms. The van der Waals surface area contributed by atoms with Crippen LogP contribution in [-0.2, 0) is 9.59 Å². The number of carbonyl (C=O) groups excluding carboxylic acids is 2. The normalized spacial score (nSPS) is 19.1. The first kappa shape index (κ1) is 19.7. The first-order valence-electron chi connectivity index (χ1n) is 10.6. The molecule has 1 N–H and O–H groups in total. The number of nitrogens with one attached hydrogen (secondary N) is 1. The predicted molar refractivity (Wildman–Crippen MR) is 113 cm³/mol. The van der Waals surface area contributed by atoms with Gasteiger partial charge in [-0.2, -0.15) is 0 Å². The maximum absolute atomic E-state index is 13.5. The van der Waals surface area contributed by atoms with Crippen LogP contribution in [0.3, 0.4) is 0 Å². The topological polar surface area (TPSA) is 67.2 Å². The van der Waals surface area contributed by atoms with Gasteiger partial charge < -0.3 is 5.32 Å². The van der Waals surface area contributed by atoms with Crippen LogP contribution in [0.1, 0.15) is 44.6 Å². The summed E-state index contributed by atoms with van der Waals surface area (Å²) >= 11 is 0. The molecule has 5 rings (SSSR count). The van der Waals surface area contributed by atoms with Gasteiger partial charge in [-0.1, -0.05) is 31.4 Å². The minimum Gasteiger partial charge on any atom is -0.326 e. The Morgan fingerprint density at radius 3 is 2.61 bits per heavy atom. The Morgan fingerprint density at radius 2 is 1.84 bits per heavy atom. The summed E-state index contributed by atoms with van der Waals surface area (Å²) in [6.07, 6.45) is 5.01. The fourth-order valence-corrected chi connectivity index (χ4v) is 4.70. The van der Waals surface area contributed by atoms with Crippen molar-refractivity contribution in [2.24, 2.45) is 0 Å². The van der Waals surface area contributed by atoms with E-state index in [-0.39, 0.29) is 24.1 Å². The number of aromatic nitrogens is 2. The Bertz CT molecular complexity index is 1170. The van der Waals surface area contributed by atoms with Crippen molar-refractivity contribution in [3.63, 3.8) is 0 Å². The van der Waals surface area contributed by atoms with Crippen molar-refractivity contribution in [2.45, 2.75) is 50.6 Å². The fraction of sp³-hybridized carbons (Fsp3) is 0.348. The zero-order chi connectivity index (χ0) is 21.5. The monoisotopic (exact) mass is 424 g/mol. The quantitative estimate of drug-likeness (QED) is 0.668. The van der Waals surface area contributed by atoms with Crippen LogP contribution >= 0.6 is 0 Å². The van der Waals surface area contributed by atoms with E-state index in [0.717, 1.165) is 55.3 Å². The van der Waals surface area contributed by atoms with E-state index in [0.29, 0.717) is 5.95 Å². The highest BCUT2D eigenvalue weighted by Crippen LogP contribution is 2.40. The number of halogens is 2. The number of nitrogens with zero attached hydrogens (tertiary/aromatic N) is 3. The number of benzene rings is 2. The van der Waals surface area contributed by atoms with Crippen LogP contribution in [0.5, 0.6) is 0 Å². The second-order valence-corrected chi connectivity index (χ2v) is 8.17. The van der Waals surface area contributed by atoms with E-state index >= 15 is 0 Å². The van der Waals surface area contributed by atoms with Crippen LogP contribution in [0.25, 0.3) is 11.0 Å². The molecule has 1 aliphatic heterocycles. The molecule has 2 aromatic carbocycles. The van der Waals surface area contributed by atoms with Crippen LogP contribution in [0.15, 0.2) is 42.5 Å². The zero-order valence-electron chi connectivity index (χ0n) is 16.9. The van der Waals surface area contributed by atoms with Crippen LogP contribution < -0.4 is 10.2 Å². The van der Waals surface area contributed by atoms with Gasteiger partial charge in [0.25, 0.3) is 5.91 Å². The lowest BCUT2D eigenvalue weighted by Gasteiger charge is -2.30. The highest BCUT2D eigenvalue weighted by Gasteiger charge is 2.44. The van der Waals surface area contributed by atoms with Crippen molar-refractivity contribution >= 4 is 34.5 Å². The summed E-state index contributed by atoms with van der Waals surface area (Å²) in [5.74, 6) is -2.02. The molecule has 3 aromatic rings.